The van der Waals surface area contributed by atoms with E-state index in [2.05, 4.69) is 149 Å². The van der Waals surface area contributed by atoms with Crippen LogP contribution in [-0.2, 0) is 42.7 Å². The van der Waals surface area contributed by atoms with Gasteiger partial charge in [-0.2, -0.15) is 18.2 Å². The number of para-hydroxylation sites is 3. The second-order valence-electron chi connectivity index (χ2n) is 24.3. The van der Waals surface area contributed by atoms with Gasteiger partial charge in [0.15, 0.2) is 0 Å². The van der Waals surface area contributed by atoms with Gasteiger partial charge in [-0.25, -0.2) is 4.98 Å². The first kappa shape index (κ1) is 41.7. The van der Waals surface area contributed by atoms with Crippen LogP contribution >= 0.6 is 0 Å². The molecule has 0 unspecified atom stereocenters. The third-order valence-electron chi connectivity index (χ3n) is 14.5. The van der Waals surface area contributed by atoms with E-state index in [0.717, 1.165) is 72.0 Å². The summed E-state index contributed by atoms with van der Waals surface area (Å²) in [6, 6.07) is 47.6. The molecular formula is C72H70N4OPt-2. The first-order chi connectivity index (χ1) is 41.0. The summed E-state index contributed by atoms with van der Waals surface area (Å²) in [6.45, 7) is 21.2. The molecule has 6 heteroatoms. The van der Waals surface area contributed by atoms with Crippen molar-refractivity contribution in [3.05, 3.63) is 222 Å². The van der Waals surface area contributed by atoms with Gasteiger partial charge in [0, 0.05) is 58.1 Å². The van der Waals surface area contributed by atoms with Crippen molar-refractivity contribution in [2.45, 2.75) is 118 Å². The van der Waals surface area contributed by atoms with Crippen molar-refractivity contribution in [2.24, 2.45) is 0 Å². The van der Waals surface area contributed by atoms with Crippen LogP contribution in [0.25, 0.3) is 83.4 Å². The quantitative estimate of drug-likeness (QED) is 0.112. The molecule has 11 aromatic rings. The molecule has 78 heavy (non-hydrogen) atoms. The minimum Gasteiger partial charge on any atom is -0.510 e. The van der Waals surface area contributed by atoms with E-state index in [9.17, 15) is 0 Å². The maximum absolute atomic E-state index is 9.03. The number of fused-ring (bicyclic) bond motifs is 4. The molecule has 3 heterocycles. The van der Waals surface area contributed by atoms with Crippen molar-refractivity contribution in [3.63, 3.8) is 0 Å². The van der Waals surface area contributed by atoms with Gasteiger partial charge in [0.2, 0.25) is 0 Å². The molecule has 0 aliphatic heterocycles. The average molecular weight is 1210 g/mol. The largest absolute Gasteiger partial charge is 0.510 e. The Morgan fingerprint density at radius 1 is 0.538 bits per heavy atom. The fourth-order valence-corrected chi connectivity index (χ4v) is 10.1. The van der Waals surface area contributed by atoms with Crippen LogP contribution in [0.5, 0.6) is 11.5 Å². The van der Waals surface area contributed by atoms with Crippen molar-refractivity contribution in [1.29, 1.82) is 0 Å². The molecule has 0 bridgehead atoms. The fraction of sp³-hybridized carbons (Fsp3) is 0.250. The first-order valence-electron chi connectivity index (χ1n) is 31.7. The van der Waals surface area contributed by atoms with E-state index in [1.165, 1.54) is 12.3 Å². The maximum atomic E-state index is 9.03. The number of rotatable bonds is 8. The van der Waals surface area contributed by atoms with E-state index in [4.69, 9.17) is 24.8 Å². The van der Waals surface area contributed by atoms with Gasteiger partial charge < -0.3 is 13.9 Å². The number of aromatic nitrogens is 4. The normalized spacial score (nSPS) is 14.7. The summed E-state index contributed by atoms with van der Waals surface area (Å²) in [6.07, 6.45) is 5.04. The van der Waals surface area contributed by atoms with Crippen molar-refractivity contribution in [1.82, 2.24) is 14.1 Å². The van der Waals surface area contributed by atoms with Gasteiger partial charge in [-0.3, -0.25) is 4.57 Å². The Bertz CT molecular complexity index is 4430. The third kappa shape index (κ3) is 10.3. The summed E-state index contributed by atoms with van der Waals surface area (Å²) in [4.78, 5) is 4.73. The standard InChI is InChI=1S/C72H70N4O.Pt/c1-46-33-60(49-36-51(69(3,4)5)40-52(37-49)70(6,7)8)68(61(34-46)50-38-53(71(9,10)11)41-54(39-50)72(12,13)14)75-45-74(64-29-20-21-30-65(64)75)55-25-22-26-56(42-55)77-57-31-32-59-58-27-18-19-28-63(58)76(66(59)43-57)67-35-47(2)62(44-73-67)48-23-16-15-17-24-48;/h15-41,44H,1-14H3;/q-2;/i1D3,2D3,15D,16D,17D,23D,24D;. The summed E-state index contributed by atoms with van der Waals surface area (Å²) in [5.74, 6) is 0.868. The van der Waals surface area contributed by atoms with Gasteiger partial charge in [0.1, 0.15) is 5.82 Å². The Balaban J connectivity index is 0.00000873. The molecular weight excluding hydrogens is 1130 g/mol. The molecule has 3 aromatic heterocycles. The zero-order valence-electron chi connectivity index (χ0n) is 57.3. The molecule has 0 atom stereocenters. The molecule has 0 radical (unpaired) electrons. The number of imidazole rings is 1. The molecule has 0 saturated carbocycles. The zero-order valence-corrected chi connectivity index (χ0v) is 48.6. The van der Waals surface area contributed by atoms with Crippen LogP contribution < -0.4 is 9.30 Å². The summed E-state index contributed by atoms with van der Waals surface area (Å²) < 4.78 is 108. The summed E-state index contributed by atoms with van der Waals surface area (Å²) in [5, 5.41) is 1.60. The van der Waals surface area contributed by atoms with Crippen molar-refractivity contribution in [3.8, 4) is 62.1 Å². The molecule has 11 rings (SSSR count). The molecule has 0 N–H and O–H groups in total. The number of pyridine rings is 1. The molecule has 5 nitrogen and oxygen atoms in total. The second kappa shape index (κ2) is 20.2. The van der Waals surface area contributed by atoms with Gasteiger partial charge in [0.25, 0.3) is 6.33 Å². The predicted molar refractivity (Wildman–Crippen MR) is 321 cm³/mol. The van der Waals surface area contributed by atoms with Crippen LogP contribution in [0.3, 0.4) is 0 Å². The number of hydrogen-bond donors (Lipinski definition) is 0. The summed E-state index contributed by atoms with van der Waals surface area (Å²) >= 11 is 0. The van der Waals surface area contributed by atoms with Gasteiger partial charge in [-0.15, -0.1) is 29.7 Å². The van der Waals surface area contributed by atoms with Gasteiger partial charge in [-0.05, 0) is 114 Å². The number of ether oxygens (including phenoxy) is 1. The summed E-state index contributed by atoms with van der Waals surface area (Å²) in [7, 11) is 0. The Labute approximate surface area is 492 Å². The number of benzene rings is 8. The predicted octanol–water partition coefficient (Wildman–Crippen LogP) is 18.4. The monoisotopic (exact) mass is 1210 g/mol. The van der Waals surface area contributed by atoms with Crippen molar-refractivity contribution < 1.29 is 45.4 Å². The fourth-order valence-electron chi connectivity index (χ4n) is 10.1. The van der Waals surface area contributed by atoms with Crippen molar-refractivity contribution in [2.75, 3.05) is 0 Å². The number of aryl methyl sites for hydroxylation is 2. The number of hydrogen-bond acceptors (Lipinski definition) is 2. The molecule has 0 fully saturated rings. The molecule has 0 amide bonds. The van der Waals surface area contributed by atoms with Crippen LogP contribution in [0.2, 0.25) is 0 Å². The molecule has 396 valence electrons. The van der Waals surface area contributed by atoms with E-state index in [0.29, 0.717) is 28.2 Å². The van der Waals surface area contributed by atoms with Gasteiger partial charge >= 0.3 is 0 Å². The van der Waals surface area contributed by atoms with E-state index < -0.39 is 43.9 Å². The Hall–Kier alpha value is -7.33. The molecule has 0 spiro atoms. The van der Waals surface area contributed by atoms with Crippen LogP contribution in [0.4, 0.5) is 0 Å². The average Bonchev–Trinajstić information content (AvgIpc) is 1.73. The van der Waals surface area contributed by atoms with Crippen molar-refractivity contribution >= 4 is 32.8 Å². The SMILES string of the molecule is [2H]c1c([2H])c([2H])c(-c2cnc(-n3c4[c-]c(Oc5[c-]c(-n6[c-][n+](-c7c(-c8cc(C(C)(C)C)cc(C(C)(C)C)c8)cc(C([2H])([2H])[2H])cc7-c7cc(C(C)(C)C)cc(C(C)(C)C)c7)c7ccccc76)ccc5)ccc4c4ccccc43)cc2C([2H])([2H])[2H])c([2H])c1[2H].[Pt]. The Morgan fingerprint density at radius 2 is 1.12 bits per heavy atom. The Kier molecular flexibility index (Phi) is 10.8. The molecule has 0 saturated heterocycles. The van der Waals surface area contributed by atoms with Crippen LogP contribution in [0, 0.1) is 32.2 Å². The third-order valence-corrected chi connectivity index (χ3v) is 14.5. The van der Waals surface area contributed by atoms with E-state index in [1.807, 2.05) is 77.4 Å². The Morgan fingerprint density at radius 3 is 1.71 bits per heavy atom. The van der Waals surface area contributed by atoms with Gasteiger partial charge in [-0.1, -0.05) is 215 Å². The van der Waals surface area contributed by atoms with Crippen LogP contribution in [0.1, 0.15) is 132 Å². The van der Waals surface area contributed by atoms with E-state index in [1.54, 1.807) is 16.7 Å². The first-order valence-corrected chi connectivity index (χ1v) is 26.2. The second-order valence-corrected chi connectivity index (χ2v) is 24.3. The molecule has 0 aliphatic rings. The van der Waals surface area contributed by atoms with E-state index in [-0.39, 0.29) is 70.8 Å². The minimum atomic E-state index is -2.79. The maximum Gasteiger partial charge on any atom is 0.268 e. The summed E-state index contributed by atoms with van der Waals surface area (Å²) in [5.41, 5.74) is 10.5. The van der Waals surface area contributed by atoms with E-state index >= 15 is 0 Å². The minimum absolute atomic E-state index is 0. The van der Waals surface area contributed by atoms with Crippen LogP contribution in [0.15, 0.2) is 170 Å². The number of nitrogens with zero attached hydrogens (tertiary/aromatic N) is 4. The zero-order chi connectivity index (χ0) is 63.7. The van der Waals surface area contributed by atoms with Crippen LogP contribution in [-0.4, -0.2) is 14.1 Å². The topological polar surface area (TPSA) is 35.9 Å². The molecule has 0 aliphatic carbocycles. The smallest absolute Gasteiger partial charge is 0.268 e. The molecule has 8 aromatic carbocycles. The van der Waals surface area contributed by atoms with Gasteiger partial charge in [0.05, 0.1) is 23.6 Å².